The van der Waals surface area contributed by atoms with Gasteiger partial charge >= 0.3 is 0 Å². The van der Waals surface area contributed by atoms with Crippen LogP contribution in [0.5, 0.6) is 5.75 Å². The lowest BCUT2D eigenvalue weighted by Gasteiger charge is -2.07. The lowest BCUT2D eigenvalue weighted by atomic mass is 10.2. The quantitative estimate of drug-likeness (QED) is 0.663. The Morgan fingerprint density at radius 3 is 2.83 bits per heavy atom. The summed E-state index contributed by atoms with van der Waals surface area (Å²) in [6, 6.07) is 4.36. The lowest BCUT2D eigenvalue weighted by molar-refractivity contribution is 0.335. The third-order valence-corrected chi connectivity index (χ3v) is 1.76. The average molecular weight is 189 g/mol. The van der Waals surface area contributed by atoms with Gasteiger partial charge in [-0.05, 0) is 13.0 Å². The summed E-state index contributed by atoms with van der Waals surface area (Å²) in [5, 5.41) is 0. The molecule has 3 heteroatoms. The van der Waals surface area contributed by atoms with E-state index in [2.05, 4.69) is 0 Å². The van der Waals surface area contributed by atoms with Crippen molar-refractivity contribution in [3.8, 4) is 5.75 Å². The number of rotatable bonds is 3. The van der Waals surface area contributed by atoms with E-state index in [1.54, 1.807) is 6.07 Å². The Bertz CT molecular complexity index is 263. The van der Waals surface area contributed by atoms with Gasteiger partial charge < -0.3 is 4.74 Å². The van der Waals surface area contributed by atoms with Gasteiger partial charge in [-0.1, -0.05) is 6.07 Å². The fourth-order valence-corrected chi connectivity index (χ4v) is 1.15. The second-order valence-corrected chi connectivity index (χ2v) is 2.59. The molecule has 1 aromatic carbocycles. The van der Waals surface area contributed by atoms with Crippen LogP contribution in [-0.4, -0.2) is 6.61 Å². The molecule has 0 atom stereocenters. The van der Waals surface area contributed by atoms with Crippen molar-refractivity contribution in [3.63, 3.8) is 0 Å². The van der Waals surface area contributed by atoms with E-state index in [1.807, 2.05) is 6.92 Å². The highest BCUT2D eigenvalue weighted by molar-refractivity contribution is 6.17. The molecule has 66 valence electrons. The largest absolute Gasteiger partial charge is 0.493 e. The van der Waals surface area contributed by atoms with Gasteiger partial charge in [-0.15, -0.1) is 11.6 Å². The maximum atomic E-state index is 12.7. The second-order valence-electron chi connectivity index (χ2n) is 2.32. The van der Waals surface area contributed by atoms with Crippen molar-refractivity contribution in [3.05, 3.63) is 29.6 Å². The van der Waals surface area contributed by atoms with Crippen LogP contribution in [0.3, 0.4) is 0 Å². The highest BCUT2D eigenvalue weighted by Gasteiger charge is 2.02. The molecule has 0 heterocycles. The van der Waals surface area contributed by atoms with Crippen LogP contribution >= 0.6 is 11.6 Å². The van der Waals surface area contributed by atoms with Crippen LogP contribution in [0.1, 0.15) is 12.5 Å². The van der Waals surface area contributed by atoms with Gasteiger partial charge in [0.1, 0.15) is 11.6 Å². The van der Waals surface area contributed by atoms with Crippen molar-refractivity contribution >= 4 is 11.6 Å². The number of hydrogen-bond acceptors (Lipinski definition) is 1. The van der Waals surface area contributed by atoms with Crippen molar-refractivity contribution in [2.75, 3.05) is 6.61 Å². The Kier molecular flexibility index (Phi) is 3.35. The molecule has 0 N–H and O–H groups in total. The first-order valence-corrected chi connectivity index (χ1v) is 4.28. The fraction of sp³-hybridized carbons (Fsp3) is 0.333. The highest BCUT2D eigenvalue weighted by atomic mass is 35.5. The van der Waals surface area contributed by atoms with Gasteiger partial charge in [-0.3, -0.25) is 0 Å². The highest BCUT2D eigenvalue weighted by Crippen LogP contribution is 2.21. The summed E-state index contributed by atoms with van der Waals surface area (Å²) in [6.07, 6.45) is 0. The Hall–Kier alpha value is -0.760. The molecule has 0 fully saturated rings. The van der Waals surface area contributed by atoms with E-state index in [0.717, 1.165) is 5.56 Å². The predicted molar refractivity (Wildman–Crippen MR) is 47.1 cm³/mol. The molecule has 0 saturated heterocycles. The molecular formula is C9H10ClFO. The monoisotopic (exact) mass is 188 g/mol. The smallest absolute Gasteiger partial charge is 0.126 e. The van der Waals surface area contributed by atoms with Crippen LogP contribution in [0.25, 0.3) is 0 Å². The van der Waals surface area contributed by atoms with Crippen LogP contribution in [-0.2, 0) is 5.88 Å². The predicted octanol–water partition coefficient (Wildman–Crippen LogP) is 2.96. The molecule has 1 nitrogen and oxygen atoms in total. The third kappa shape index (κ3) is 2.11. The van der Waals surface area contributed by atoms with E-state index >= 15 is 0 Å². The van der Waals surface area contributed by atoms with E-state index < -0.39 is 0 Å². The summed E-state index contributed by atoms with van der Waals surface area (Å²) in [6.45, 7) is 2.37. The van der Waals surface area contributed by atoms with E-state index in [1.165, 1.54) is 12.1 Å². The summed E-state index contributed by atoms with van der Waals surface area (Å²) < 4.78 is 17.9. The minimum atomic E-state index is -0.299. The van der Waals surface area contributed by atoms with Gasteiger partial charge in [0.05, 0.1) is 12.5 Å². The molecule has 0 aliphatic carbocycles. The number of hydrogen-bond donors (Lipinski definition) is 0. The van der Waals surface area contributed by atoms with Crippen molar-refractivity contribution in [2.24, 2.45) is 0 Å². The molecular weight excluding hydrogens is 179 g/mol. The van der Waals surface area contributed by atoms with E-state index in [9.17, 15) is 4.39 Å². The summed E-state index contributed by atoms with van der Waals surface area (Å²) in [4.78, 5) is 0. The normalized spacial score (nSPS) is 9.92. The van der Waals surface area contributed by atoms with Crippen LogP contribution in [0.2, 0.25) is 0 Å². The van der Waals surface area contributed by atoms with Crippen molar-refractivity contribution in [2.45, 2.75) is 12.8 Å². The SMILES string of the molecule is CCOc1cc(F)ccc1CCl. The van der Waals surface area contributed by atoms with Gasteiger partial charge in [-0.25, -0.2) is 4.39 Å². The fourth-order valence-electron chi connectivity index (χ4n) is 0.929. The Morgan fingerprint density at radius 2 is 2.25 bits per heavy atom. The standard InChI is InChI=1S/C9H10ClFO/c1-2-12-9-5-8(11)4-3-7(9)6-10/h3-5H,2,6H2,1H3. The molecule has 0 bridgehead atoms. The first-order valence-electron chi connectivity index (χ1n) is 3.75. The molecule has 0 unspecified atom stereocenters. The number of ether oxygens (including phenoxy) is 1. The third-order valence-electron chi connectivity index (χ3n) is 1.47. The molecule has 0 radical (unpaired) electrons. The minimum absolute atomic E-state index is 0.299. The Balaban J connectivity index is 2.95. The molecule has 1 rings (SSSR count). The van der Waals surface area contributed by atoms with Gasteiger partial charge in [-0.2, -0.15) is 0 Å². The van der Waals surface area contributed by atoms with Gasteiger partial charge in [0.25, 0.3) is 0 Å². The molecule has 0 aliphatic rings. The maximum Gasteiger partial charge on any atom is 0.126 e. The zero-order valence-electron chi connectivity index (χ0n) is 6.81. The van der Waals surface area contributed by atoms with E-state index in [4.69, 9.17) is 16.3 Å². The molecule has 1 aromatic rings. The Labute approximate surface area is 76.1 Å². The number of benzene rings is 1. The number of alkyl halides is 1. The van der Waals surface area contributed by atoms with Crippen LogP contribution in [0, 0.1) is 5.82 Å². The average Bonchev–Trinajstić information content (AvgIpc) is 2.05. The van der Waals surface area contributed by atoms with E-state index in [0.29, 0.717) is 18.2 Å². The second kappa shape index (κ2) is 4.31. The summed E-state index contributed by atoms with van der Waals surface area (Å²) in [5.74, 6) is 0.579. The first kappa shape index (κ1) is 9.33. The minimum Gasteiger partial charge on any atom is -0.493 e. The summed E-state index contributed by atoms with van der Waals surface area (Å²) >= 11 is 5.62. The van der Waals surface area contributed by atoms with Crippen molar-refractivity contribution in [1.29, 1.82) is 0 Å². The van der Waals surface area contributed by atoms with Crippen molar-refractivity contribution in [1.82, 2.24) is 0 Å². The first-order chi connectivity index (χ1) is 5.77. The summed E-state index contributed by atoms with van der Waals surface area (Å²) in [7, 11) is 0. The maximum absolute atomic E-state index is 12.7. The topological polar surface area (TPSA) is 9.23 Å². The molecule has 0 aliphatic heterocycles. The molecule has 12 heavy (non-hydrogen) atoms. The lowest BCUT2D eigenvalue weighted by Crippen LogP contribution is -1.95. The molecule has 0 aromatic heterocycles. The zero-order chi connectivity index (χ0) is 8.97. The van der Waals surface area contributed by atoms with Gasteiger partial charge in [0.15, 0.2) is 0 Å². The van der Waals surface area contributed by atoms with Gasteiger partial charge in [0, 0.05) is 11.6 Å². The van der Waals surface area contributed by atoms with Crippen LogP contribution < -0.4 is 4.74 Å². The van der Waals surface area contributed by atoms with Crippen LogP contribution in [0.4, 0.5) is 4.39 Å². The molecule has 0 amide bonds. The van der Waals surface area contributed by atoms with Crippen LogP contribution in [0.15, 0.2) is 18.2 Å². The van der Waals surface area contributed by atoms with Crippen molar-refractivity contribution < 1.29 is 9.13 Å². The molecule has 0 spiro atoms. The van der Waals surface area contributed by atoms with E-state index in [-0.39, 0.29) is 5.82 Å². The molecule has 0 saturated carbocycles. The summed E-state index contributed by atoms with van der Waals surface area (Å²) in [5.41, 5.74) is 0.819. The zero-order valence-corrected chi connectivity index (χ0v) is 7.57. The number of halogens is 2. The Morgan fingerprint density at radius 1 is 1.50 bits per heavy atom. The van der Waals surface area contributed by atoms with Gasteiger partial charge in [0.2, 0.25) is 0 Å².